The van der Waals surface area contributed by atoms with Crippen LogP contribution < -0.4 is 16.4 Å². The minimum atomic E-state index is -1.24. The van der Waals surface area contributed by atoms with Crippen LogP contribution in [0.5, 0.6) is 0 Å². The van der Waals surface area contributed by atoms with E-state index in [9.17, 15) is 14.4 Å². The number of nitrogens with one attached hydrogen (secondary N) is 2. The van der Waals surface area contributed by atoms with Crippen molar-refractivity contribution in [3.63, 3.8) is 0 Å². The monoisotopic (exact) mass is 284 g/mol. The Kier molecular flexibility index (Phi) is 5.44. The highest BCUT2D eigenvalue weighted by Gasteiger charge is 2.20. The van der Waals surface area contributed by atoms with Crippen molar-refractivity contribution in [3.05, 3.63) is 12.2 Å². The molecule has 0 bridgehead atoms. The third kappa shape index (κ3) is 5.33. The van der Waals surface area contributed by atoms with Crippen molar-refractivity contribution in [1.29, 1.82) is 0 Å². The molecule has 0 aromatic carbocycles. The minimum absolute atomic E-state index is 0.0643. The lowest BCUT2D eigenvalue weighted by Gasteiger charge is -2.13. The van der Waals surface area contributed by atoms with Gasteiger partial charge in [0, 0.05) is 13.5 Å². The molecule has 3 amide bonds. The van der Waals surface area contributed by atoms with Crippen LogP contribution in [-0.2, 0) is 23.2 Å². The molecule has 110 valence electrons. The SMILES string of the molecule is Cn1cnc(CNC(=O)N[C@@H](CCC(N)=O)C(=O)O)n1. The van der Waals surface area contributed by atoms with Gasteiger partial charge in [-0.1, -0.05) is 0 Å². The fourth-order valence-corrected chi connectivity index (χ4v) is 1.38. The first kappa shape index (κ1) is 15.4. The molecule has 0 aliphatic rings. The number of rotatable bonds is 7. The van der Waals surface area contributed by atoms with Crippen LogP contribution in [-0.4, -0.2) is 43.8 Å². The third-order valence-electron chi connectivity index (χ3n) is 2.34. The van der Waals surface area contributed by atoms with E-state index in [4.69, 9.17) is 10.8 Å². The number of aryl methyl sites for hydroxylation is 1. The van der Waals surface area contributed by atoms with Gasteiger partial charge in [0.1, 0.15) is 12.4 Å². The Labute approximate surface area is 114 Å². The highest BCUT2D eigenvalue weighted by atomic mass is 16.4. The number of nitrogens with zero attached hydrogens (tertiary/aromatic N) is 3. The Morgan fingerprint density at radius 2 is 2.20 bits per heavy atom. The van der Waals surface area contributed by atoms with E-state index < -0.39 is 23.9 Å². The standard InChI is InChI=1S/C10H16N6O4/c1-16-5-13-8(15-16)4-12-10(20)14-6(9(18)19)2-3-7(11)17/h5-6H,2-4H2,1H3,(H2,11,17)(H,18,19)(H2,12,14,20)/t6-/m0/s1. The summed E-state index contributed by atoms with van der Waals surface area (Å²) in [5.41, 5.74) is 4.93. The van der Waals surface area contributed by atoms with Gasteiger partial charge in [0.25, 0.3) is 0 Å². The molecule has 1 aromatic rings. The molecular weight excluding hydrogens is 268 g/mol. The summed E-state index contributed by atoms with van der Waals surface area (Å²) in [6.07, 6.45) is 1.28. The van der Waals surface area contributed by atoms with E-state index in [1.54, 1.807) is 7.05 Å². The second-order valence-corrected chi connectivity index (χ2v) is 4.06. The highest BCUT2D eigenvalue weighted by Crippen LogP contribution is 1.97. The number of urea groups is 1. The third-order valence-corrected chi connectivity index (χ3v) is 2.34. The van der Waals surface area contributed by atoms with Crippen LogP contribution in [0.2, 0.25) is 0 Å². The number of carbonyl (C=O) groups excluding carboxylic acids is 2. The first-order valence-electron chi connectivity index (χ1n) is 5.78. The zero-order valence-electron chi connectivity index (χ0n) is 10.9. The van der Waals surface area contributed by atoms with E-state index in [0.29, 0.717) is 5.82 Å². The van der Waals surface area contributed by atoms with E-state index in [1.165, 1.54) is 11.0 Å². The summed E-state index contributed by atoms with van der Waals surface area (Å²) in [4.78, 5) is 36.9. The predicted molar refractivity (Wildman–Crippen MR) is 66.2 cm³/mol. The first-order valence-corrected chi connectivity index (χ1v) is 5.78. The van der Waals surface area contributed by atoms with Gasteiger partial charge in [0.05, 0.1) is 6.54 Å². The minimum Gasteiger partial charge on any atom is -0.480 e. The van der Waals surface area contributed by atoms with Gasteiger partial charge in [-0.05, 0) is 6.42 Å². The molecule has 10 heteroatoms. The molecule has 1 heterocycles. The summed E-state index contributed by atoms with van der Waals surface area (Å²) in [5.74, 6) is -1.47. The summed E-state index contributed by atoms with van der Waals surface area (Å²) in [6, 6.07) is -1.87. The second-order valence-electron chi connectivity index (χ2n) is 4.06. The Morgan fingerprint density at radius 1 is 1.50 bits per heavy atom. The number of carbonyl (C=O) groups is 3. The van der Waals surface area contributed by atoms with Crippen LogP contribution >= 0.6 is 0 Å². The van der Waals surface area contributed by atoms with Gasteiger partial charge in [-0.3, -0.25) is 9.48 Å². The maximum Gasteiger partial charge on any atom is 0.326 e. The van der Waals surface area contributed by atoms with E-state index in [2.05, 4.69) is 20.7 Å². The molecule has 0 radical (unpaired) electrons. The zero-order valence-corrected chi connectivity index (χ0v) is 10.9. The van der Waals surface area contributed by atoms with Gasteiger partial charge in [-0.25, -0.2) is 14.6 Å². The smallest absolute Gasteiger partial charge is 0.326 e. The van der Waals surface area contributed by atoms with Gasteiger partial charge < -0.3 is 21.5 Å². The maximum atomic E-state index is 11.5. The number of primary amides is 1. The number of hydrogen-bond donors (Lipinski definition) is 4. The van der Waals surface area contributed by atoms with Crippen molar-refractivity contribution < 1.29 is 19.5 Å². The zero-order chi connectivity index (χ0) is 15.1. The number of nitrogens with two attached hydrogens (primary N) is 1. The number of aromatic nitrogens is 3. The number of amides is 3. The quantitative estimate of drug-likeness (QED) is 0.470. The molecule has 5 N–H and O–H groups in total. The lowest BCUT2D eigenvalue weighted by molar-refractivity contribution is -0.139. The second kappa shape index (κ2) is 7.07. The Balaban J connectivity index is 2.41. The van der Waals surface area contributed by atoms with Crippen LogP contribution in [0.4, 0.5) is 4.79 Å². The van der Waals surface area contributed by atoms with Gasteiger partial charge in [-0.15, -0.1) is 0 Å². The van der Waals surface area contributed by atoms with Crippen LogP contribution in [0.25, 0.3) is 0 Å². The fraction of sp³-hybridized carbons (Fsp3) is 0.500. The van der Waals surface area contributed by atoms with Crippen molar-refractivity contribution in [2.75, 3.05) is 0 Å². The summed E-state index contributed by atoms with van der Waals surface area (Å²) < 4.78 is 1.47. The first-order chi connectivity index (χ1) is 9.38. The van der Waals surface area contributed by atoms with Gasteiger partial charge >= 0.3 is 12.0 Å². The highest BCUT2D eigenvalue weighted by molar-refractivity contribution is 5.83. The van der Waals surface area contributed by atoms with E-state index in [-0.39, 0.29) is 19.4 Å². The lowest BCUT2D eigenvalue weighted by Crippen LogP contribution is -2.46. The number of aliphatic carboxylic acids is 1. The molecule has 0 aliphatic heterocycles. The topological polar surface area (TPSA) is 152 Å². The Morgan fingerprint density at radius 3 is 2.70 bits per heavy atom. The van der Waals surface area contributed by atoms with Crippen molar-refractivity contribution in [2.24, 2.45) is 12.8 Å². The molecule has 0 fully saturated rings. The summed E-state index contributed by atoms with van der Waals surface area (Å²) in [7, 11) is 1.68. The molecule has 0 unspecified atom stereocenters. The molecular formula is C10H16N6O4. The predicted octanol–water partition coefficient (Wildman–Crippen LogP) is -1.67. The van der Waals surface area contributed by atoms with E-state index >= 15 is 0 Å². The largest absolute Gasteiger partial charge is 0.480 e. The van der Waals surface area contributed by atoms with Gasteiger partial charge in [0.15, 0.2) is 5.82 Å². The van der Waals surface area contributed by atoms with Gasteiger partial charge in [-0.2, -0.15) is 5.10 Å². The van der Waals surface area contributed by atoms with E-state index in [0.717, 1.165) is 0 Å². The average Bonchev–Trinajstić information content (AvgIpc) is 2.77. The van der Waals surface area contributed by atoms with Gasteiger partial charge in [0.2, 0.25) is 5.91 Å². The maximum absolute atomic E-state index is 11.5. The molecule has 10 nitrogen and oxygen atoms in total. The van der Waals surface area contributed by atoms with Crippen molar-refractivity contribution >= 4 is 17.9 Å². The Bertz CT molecular complexity index is 500. The van der Waals surface area contributed by atoms with Crippen LogP contribution in [0.3, 0.4) is 0 Å². The number of carboxylic acids is 1. The number of carboxylic acid groups (broad SMARTS) is 1. The fourth-order valence-electron chi connectivity index (χ4n) is 1.38. The average molecular weight is 284 g/mol. The molecule has 20 heavy (non-hydrogen) atoms. The molecule has 0 spiro atoms. The molecule has 0 aliphatic carbocycles. The van der Waals surface area contributed by atoms with Crippen LogP contribution in [0.15, 0.2) is 6.33 Å². The van der Waals surface area contributed by atoms with E-state index in [1.807, 2.05) is 0 Å². The normalized spacial score (nSPS) is 11.7. The Hall–Kier alpha value is -2.65. The molecule has 1 atom stereocenters. The van der Waals surface area contributed by atoms with Crippen LogP contribution in [0, 0.1) is 0 Å². The molecule has 1 aromatic heterocycles. The van der Waals surface area contributed by atoms with Crippen molar-refractivity contribution in [2.45, 2.75) is 25.4 Å². The summed E-state index contributed by atoms with van der Waals surface area (Å²) in [6.45, 7) is 0.0643. The molecule has 0 saturated heterocycles. The van der Waals surface area contributed by atoms with Crippen LogP contribution in [0.1, 0.15) is 18.7 Å². The van der Waals surface area contributed by atoms with Crippen molar-refractivity contribution in [3.8, 4) is 0 Å². The summed E-state index contributed by atoms with van der Waals surface area (Å²) >= 11 is 0. The van der Waals surface area contributed by atoms with Crippen molar-refractivity contribution in [1.82, 2.24) is 25.4 Å². The summed E-state index contributed by atoms with van der Waals surface area (Å²) in [5, 5.41) is 17.5. The lowest BCUT2D eigenvalue weighted by atomic mass is 10.1. The molecule has 0 saturated carbocycles. The number of hydrogen-bond acceptors (Lipinski definition) is 5. The molecule has 1 rings (SSSR count).